The lowest BCUT2D eigenvalue weighted by Gasteiger charge is -2.06. The molecule has 0 fully saturated rings. The van der Waals surface area contributed by atoms with E-state index in [9.17, 15) is 13.6 Å². The molecule has 0 aliphatic heterocycles. The summed E-state index contributed by atoms with van der Waals surface area (Å²) >= 11 is 0. The van der Waals surface area contributed by atoms with E-state index in [0.29, 0.717) is 0 Å². The van der Waals surface area contributed by atoms with Crippen molar-refractivity contribution in [1.82, 2.24) is 5.43 Å². The molecule has 2 rings (SSSR count). The Labute approximate surface area is 126 Å². The van der Waals surface area contributed by atoms with Crippen molar-refractivity contribution in [3.63, 3.8) is 0 Å². The highest BCUT2D eigenvalue weighted by atomic mass is 19.1. The Kier molecular flexibility index (Phi) is 5.19. The van der Waals surface area contributed by atoms with E-state index in [1.165, 1.54) is 13.0 Å². The fraction of sp³-hybridized carbons (Fsp3) is 0.125. The van der Waals surface area contributed by atoms with E-state index in [4.69, 9.17) is 0 Å². The van der Waals surface area contributed by atoms with Gasteiger partial charge in [0, 0.05) is 17.3 Å². The van der Waals surface area contributed by atoms with Crippen LogP contribution in [0.3, 0.4) is 0 Å². The molecule has 114 valence electrons. The van der Waals surface area contributed by atoms with Crippen LogP contribution in [0.5, 0.6) is 0 Å². The summed E-state index contributed by atoms with van der Waals surface area (Å²) in [6.45, 7) is 1.56. The number of carbonyl (C=O) groups excluding carboxylic acids is 1. The first-order valence-corrected chi connectivity index (χ1v) is 6.64. The zero-order chi connectivity index (χ0) is 15.9. The van der Waals surface area contributed by atoms with Gasteiger partial charge in [0.1, 0.15) is 11.6 Å². The number of hydrazone groups is 1. The van der Waals surface area contributed by atoms with Crippen molar-refractivity contribution in [2.75, 3.05) is 11.9 Å². The second kappa shape index (κ2) is 7.31. The quantitative estimate of drug-likeness (QED) is 0.659. The van der Waals surface area contributed by atoms with E-state index in [2.05, 4.69) is 15.8 Å². The zero-order valence-corrected chi connectivity index (χ0v) is 11.9. The standard InChI is InChI=1S/C16H15F2N3O/c1-11(14-8-7-12(17)9-15(14)18)20-21-16(22)10-19-13-5-3-2-4-6-13/h2-9,19H,10H2,1H3,(H,21,22)/b20-11-. The van der Waals surface area contributed by atoms with Gasteiger partial charge in [0.25, 0.3) is 5.91 Å². The number of hydrogen-bond donors (Lipinski definition) is 2. The predicted molar refractivity (Wildman–Crippen MR) is 81.6 cm³/mol. The minimum Gasteiger partial charge on any atom is -0.376 e. The van der Waals surface area contributed by atoms with Gasteiger partial charge < -0.3 is 5.32 Å². The van der Waals surface area contributed by atoms with Gasteiger partial charge in [-0.1, -0.05) is 18.2 Å². The minimum atomic E-state index is -0.724. The number of anilines is 1. The number of rotatable bonds is 5. The van der Waals surface area contributed by atoms with E-state index < -0.39 is 11.6 Å². The van der Waals surface area contributed by atoms with Gasteiger partial charge in [0.05, 0.1) is 12.3 Å². The predicted octanol–water partition coefficient (Wildman–Crippen LogP) is 2.92. The van der Waals surface area contributed by atoms with Gasteiger partial charge in [-0.05, 0) is 31.2 Å². The molecule has 0 saturated carbocycles. The number of nitrogens with zero attached hydrogens (tertiary/aromatic N) is 1. The summed E-state index contributed by atoms with van der Waals surface area (Å²) in [6.07, 6.45) is 0. The summed E-state index contributed by atoms with van der Waals surface area (Å²) in [4.78, 5) is 11.7. The average Bonchev–Trinajstić information content (AvgIpc) is 2.51. The van der Waals surface area contributed by atoms with Crippen LogP contribution in [-0.4, -0.2) is 18.2 Å². The van der Waals surface area contributed by atoms with E-state index in [1.807, 2.05) is 30.3 Å². The van der Waals surface area contributed by atoms with Crippen molar-refractivity contribution < 1.29 is 13.6 Å². The number of halogens is 2. The van der Waals surface area contributed by atoms with Crippen molar-refractivity contribution in [2.45, 2.75) is 6.92 Å². The molecule has 6 heteroatoms. The minimum absolute atomic E-state index is 0.0344. The van der Waals surface area contributed by atoms with E-state index in [-0.39, 0.29) is 23.7 Å². The SMILES string of the molecule is C/C(=N/NC(=O)CNc1ccccc1)c1ccc(F)cc1F. The number of para-hydroxylation sites is 1. The first-order chi connectivity index (χ1) is 10.6. The Balaban J connectivity index is 1.91. The molecule has 0 saturated heterocycles. The highest BCUT2D eigenvalue weighted by molar-refractivity contribution is 5.99. The van der Waals surface area contributed by atoms with Gasteiger partial charge in [-0.15, -0.1) is 0 Å². The first-order valence-electron chi connectivity index (χ1n) is 6.64. The molecule has 0 atom stereocenters. The summed E-state index contributed by atoms with van der Waals surface area (Å²) in [5, 5.41) is 6.73. The molecule has 4 nitrogen and oxygen atoms in total. The van der Waals surface area contributed by atoms with Crippen LogP contribution in [0, 0.1) is 11.6 Å². The maximum Gasteiger partial charge on any atom is 0.259 e. The van der Waals surface area contributed by atoms with Gasteiger partial charge in [-0.3, -0.25) is 4.79 Å². The summed E-state index contributed by atoms with van der Waals surface area (Å²) < 4.78 is 26.4. The van der Waals surface area contributed by atoms with Crippen molar-refractivity contribution in [1.29, 1.82) is 0 Å². The maximum atomic E-state index is 13.5. The Bertz CT molecular complexity index is 687. The largest absolute Gasteiger partial charge is 0.376 e. The van der Waals surface area contributed by atoms with Crippen LogP contribution in [-0.2, 0) is 4.79 Å². The fourth-order valence-electron chi connectivity index (χ4n) is 1.77. The number of hydrogen-bond acceptors (Lipinski definition) is 3. The number of carbonyl (C=O) groups is 1. The molecule has 0 spiro atoms. The fourth-order valence-corrected chi connectivity index (χ4v) is 1.77. The second-order valence-corrected chi connectivity index (χ2v) is 4.58. The van der Waals surface area contributed by atoms with Crippen LogP contribution in [0.15, 0.2) is 53.6 Å². The molecule has 2 N–H and O–H groups in total. The molecule has 0 bridgehead atoms. The van der Waals surface area contributed by atoms with Crippen molar-refractivity contribution in [2.24, 2.45) is 5.10 Å². The molecular weight excluding hydrogens is 288 g/mol. The van der Waals surface area contributed by atoms with Gasteiger partial charge in [-0.25, -0.2) is 14.2 Å². The van der Waals surface area contributed by atoms with Gasteiger partial charge in [0.15, 0.2) is 0 Å². The third kappa shape index (κ3) is 4.37. The smallest absolute Gasteiger partial charge is 0.259 e. The molecule has 0 unspecified atom stereocenters. The normalized spacial score (nSPS) is 11.1. The third-order valence-corrected chi connectivity index (χ3v) is 2.90. The zero-order valence-electron chi connectivity index (χ0n) is 11.9. The maximum absolute atomic E-state index is 13.5. The van der Waals surface area contributed by atoms with Gasteiger partial charge >= 0.3 is 0 Å². The second-order valence-electron chi connectivity index (χ2n) is 4.58. The number of nitrogens with one attached hydrogen (secondary N) is 2. The Morgan fingerprint density at radius 2 is 1.86 bits per heavy atom. The van der Waals surface area contributed by atoms with E-state index in [0.717, 1.165) is 17.8 Å². The summed E-state index contributed by atoms with van der Waals surface area (Å²) in [5.41, 5.74) is 3.52. The van der Waals surface area contributed by atoms with Crippen molar-refractivity contribution >= 4 is 17.3 Å². The monoisotopic (exact) mass is 303 g/mol. The molecule has 0 heterocycles. The molecule has 2 aromatic rings. The lowest BCUT2D eigenvalue weighted by molar-refractivity contribution is -0.119. The van der Waals surface area contributed by atoms with E-state index >= 15 is 0 Å². The Morgan fingerprint density at radius 3 is 2.55 bits per heavy atom. The molecular formula is C16H15F2N3O. The van der Waals surface area contributed by atoms with Gasteiger partial charge in [0.2, 0.25) is 0 Å². The van der Waals surface area contributed by atoms with Crippen LogP contribution < -0.4 is 10.7 Å². The van der Waals surface area contributed by atoms with E-state index in [1.54, 1.807) is 0 Å². The highest BCUT2D eigenvalue weighted by Crippen LogP contribution is 2.10. The summed E-state index contributed by atoms with van der Waals surface area (Å²) in [5.74, 6) is -1.76. The lowest BCUT2D eigenvalue weighted by atomic mass is 10.1. The van der Waals surface area contributed by atoms with Crippen molar-refractivity contribution in [3.8, 4) is 0 Å². The lowest BCUT2D eigenvalue weighted by Crippen LogP contribution is -2.26. The first kappa shape index (κ1) is 15.6. The molecule has 22 heavy (non-hydrogen) atoms. The van der Waals surface area contributed by atoms with Crippen LogP contribution >= 0.6 is 0 Å². The van der Waals surface area contributed by atoms with Crippen LogP contribution in [0.1, 0.15) is 12.5 Å². The van der Waals surface area contributed by atoms with Crippen LogP contribution in [0.25, 0.3) is 0 Å². The Hall–Kier alpha value is -2.76. The average molecular weight is 303 g/mol. The molecule has 0 aliphatic carbocycles. The van der Waals surface area contributed by atoms with Crippen molar-refractivity contribution in [3.05, 3.63) is 65.7 Å². The van der Waals surface area contributed by atoms with Gasteiger partial charge in [-0.2, -0.15) is 5.10 Å². The highest BCUT2D eigenvalue weighted by Gasteiger charge is 2.07. The molecule has 0 radical (unpaired) electrons. The summed E-state index contributed by atoms with van der Waals surface area (Å²) in [6, 6.07) is 12.4. The molecule has 1 amide bonds. The molecule has 0 aromatic heterocycles. The topological polar surface area (TPSA) is 53.5 Å². The Morgan fingerprint density at radius 1 is 1.14 bits per heavy atom. The van der Waals surface area contributed by atoms with Crippen LogP contribution in [0.4, 0.5) is 14.5 Å². The van der Waals surface area contributed by atoms with Crippen LogP contribution in [0.2, 0.25) is 0 Å². The molecule has 0 aliphatic rings. The molecule has 2 aromatic carbocycles. The number of amides is 1. The summed E-state index contributed by atoms with van der Waals surface area (Å²) in [7, 11) is 0. The third-order valence-electron chi connectivity index (χ3n) is 2.90. The number of benzene rings is 2.